The highest BCUT2D eigenvalue weighted by Crippen LogP contribution is 2.25. The van der Waals surface area contributed by atoms with Crippen LogP contribution in [0, 0.1) is 0 Å². The Labute approximate surface area is 130 Å². The van der Waals surface area contributed by atoms with Crippen molar-refractivity contribution in [1.82, 2.24) is 14.7 Å². The monoisotopic (exact) mass is 299 g/mol. The van der Waals surface area contributed by atoms with Crippen molar-refractivity contribution < 1.29 is 9.53 Å². The van der Waals surface area contributed by atoms with Gasteiger partial charge in [0.25, 0.3) is 5.91 Å². The molecule has 0 radical (unpaired) electrons. The van der Waals surface area contributed by atoms with Crippen LogP contribution in [-0.2, 0) is 11.3 Å². The Morgan fingerprint density at radius 1 is 1.36 bits per heavy atom. The van der Waals surface area contributed by atoms with Crippen molar-refractivity contribution in [2.24, 2.45) is 0 Å². The van der Waals surface area contributed by atoms with Crippen LogP contribution in [0.25, 0.3) is 5.69 Å². The highest BCUT2D eigenvalue weighted by molar-refractivity contribution is 5.96. The Morgan fingerprint density at radius 3 is 2.73 bits per heavy atom. The molecule has 1 aliphatic rings. The van der Waals surface area contributed by atoms with E-state index in [0.717, 1.165) is 30.8 Å². The van der Waals surface area contributed by atoms with Crippen LogP contribution in [0.15, 0.2) is 36.5 Å². The van der Waals surface area contributed by atoms with Crippen LogP contribution >= 0.6 is 0 Å². The van der Waals surface area contributed by atoms with E-state index in [4.69, 9.17) is 4.74 Å². The average Bonchev–Trinajstić information content (AvgIpc) is 2.92. The SMILES string of the molecule is CCC1CCN1C(=O)c1cnn(-c2ccccc2)c1COC. The maximum atomic E-state index is 12.8. The molecule has 0 saturated carbocycles. The van der Waals surface area contributed by atoms with Gasteiger partial charge >= 0.3 is 0 Å². The predicted molar refractivity (Wildman–Crippen MR) is 84.0 cm³/mol. The molecule has 5 nitrogen and oxygen atoms in total. The summed E-state index contributed by atoms with van der Waals surface area (Å²) in [6.45, 7) is 3.31. The summed E-state index contributed by atoms with van der Waals surface area (Å²) < 4.78 is 7.08. The summed E-state index contributed by atoms with van der Waals surface area (Å²) in [4.78, 5) is 14.7. The van der Waals surface area contributed by atoms with E-state index in [0.29, 0.717) is 18.2 Å². The molecule has 1 atom stereocenters. The van der Waals surface area contributed by atoms with E-state index in [-0.39, 0.29) is 5.91 Å². The van der Waals surface area contributed by atoms with Crippen molar-refractivity contribution in [2.45, 2.75) is 32.4 Å². The zero-order valence-electron chi connectivity index (χ0n) is 13.0. The van der Waals surface area contributed by atoms with Gasteiger partial charge in [-0.2, -0.15) is 5.10 Å². The first-order valence-corrected chi connectivity index (χ1v) is 7.68. The number of benzene rings is 1. The lowest BCUT2D eigenvalue weighted by atomic mass is 9.99. The molecule has 1 fully saturated rings. The number of rotatable bonds is 5. The second kappa shape index (κ2) is 6.32. The third kappa shape index (κ3) is 2.52. The van der Waals surface area contributed by atoms with Crippen molar-refractivity contribution in [1.29, 1.82) is 0 Å². The first kappa shape index (κ1) is 14.8. The number of carbonyl (C=O) groups excluding carboxylic acids is 1. The molecule has 1 aliphatic heterocycles. The summed E-state index contributed by atoms with van der Waals surface area (Å²) in [7, 11) is 1.63. The first-order valence-electron chi connectivity index (χ1n) is 7.68. The fourth-order valence-corrected chi connectivity index (χ4v) is 2.91. The summed E-state index contributed by atoms with van der Waals surface area (Å²) >= 11 is 0. The molecule has 0 bridgehead atoms. The summed E-state index contributed by atoms with van der Waals surface area (Å²) in [6.07, 6.45) is 3.75. The molecule has 0 spiro atoms. The lowest BCUT2D eigenvalue weighted by Crippen LogP contribution is -2.50. The highest BCUT2D eigenvalue weighted by Gasteiger charge is 2.33. The minimum Gasteiger partial charge on any atom is -0.378 e. The van der Waals surface area contributed by atoms with Crippen LogP contribution in [0.1, 0.15) is 35.8 Å². The molecule has 1 aromatic heterocycles. The number of amides is 1. The summed E-state index contributed by atoms with van der Waals surface area (Å²) in [6, 6.07) is 10.2. The Balaban J connectivity index is 1.95. The third-order valence-electron chi connectivity index (χ3n) is 4.26. The number of aromatic nitrogens is 2. The zero-order valence-corrected chi connectivity index (χ0v) is 13.0. The molecule has 22 heavy (non-hydrogen) atoms. The normalized spacial score (nSPS) is 17.4. The predicted octanol–water partition coefficient (Wildman–Crippen LogP) is 2.64. The van der Waals surface area contributed by atoms with Gasteiger partial charge in [-0.3, -0.25) is 4.79 Å². The van der Waals surface area contributed by atoms with Crippen molar-refractivity contribution in [3.05, 3.63) is 47.8 Å². The van der Waals surface area contributed by atoms with E-state index in [1.54, 1.807) is 18.0 Å². The number of methoxy groups -OCH3 is 1. The summed E-state index contributed by atoms with van der Waals surface area (Å²) in [5, 5.41) is 4.41. The molecule has 1 unspecified atom stereocenters. The number of nitrogens with zero attached hydrogens (tertiary/aromatic N) is 3. The van der Waals surface area contributed by atoms with Gasteiger partial charge in [-0.25, -0.2) is 4.68 Å². The molecule has 2 aromatic rings. The summed E-state index contributed by atoms with van der Waals surface area (Å²) in [5.74, 6) is 0.0623. The van der Waals surface area contributed by atoms with Crippen LogP contribution in [-0.4, -0.2) is 40.3 Å². The van der Waals surface area contributed by atoms with Crippen LogP contribution in [0.5, 0.6) is 0 Å². The Bertz CT molecular complexity index is 649. The van der Waals surface area contributed by atoms with Gasteiger partial charge in [-0.1, -0.05) is 25.1 Å². The van der Waals surface area contributed by atoms with E-state index in [9.17, 15) is 4.79 Å². The summed E-state index contributed by atoms with van der Waals surface area (Å²) in [5.41, 5.74) is 2.38. The fourth-order valence-electron chi connectivity index (χ4n) is 2.91. The molecular formula is C17H21N3O2. The van der Waals surface area contributed by atoms with Gasteiger partial charge in [0.15, 0.2) is 0 Å². The number of ether oxygens (including phenoxy) is 1. The van der Waals surface area contributed by atoms with Crippen LogP contribution in [0.4, 0.5) is 0 Å². The molecule has 1 aromatic carbocycles. The van der Waals surface area contributed by atoms with Crippen molar-refractivity contribution in [3.63, 3.8) is 0 Å². The Hall–Kier alpha value is -2.14. The minimum atomic E-state index is 0.0623. The van der Waals surface area contributed by atoms with Crippen molar-refractivity contribution in [2.75, 3.05) is 13.7 Å². The number of hydrogen-bond acceptors (Lipinski definition) is 3. The van der Waals surface area contributed by atoms with Gasteiger partial charge in [-0.15, -0.1) is 0 Å². The largest absolute Gasteiger partial charge is 0.378 e. The van der Waals surface area contributed by atoms with E-state index >= 15 is 0 Å². The molecular weight excluding hydrogens is 278 g/mol. The molecule has 0 aliphatic carbocycles. The van der Waals surface area contributed by atoms with E-state index < -0.39 is 0 Å². The van der Waals surface area contributed by atoms with Gasteiger partial charge in [-0.05, 0) is 25.0 Å². The average molecular weight is 299 g/mol. The molecule has 1 saturated heterocycles. The van der Waals surface area contributed by atoms with Gasteiger partial charge in [0.2, 0.25) is 0 Å². The molecule has 116 valence electrons. The molecule has 2 heterocycles. The van der Waals surface area contributed by atoms with Crippen LogP contribution < -0.4 is 0 Å². The topological polar surface area (TPSA) is 47.4 Å². The second-order valence-corrected chi connectivity index (χ2v) is 5.53. The maximum absolute atomic E-state index is 12.8. The van der Waals surface area contributed by atoms with Gasteiger partial charge < -0.3 is 9.64 Å². The smallest absolute Gasteiger partial charge is 0.257 e. The Morgan fingerprint density at radius 2 is 2.14 bits per heavy atom. The van der Waals surface area contributed by atoms with Crippen LogP contribution in [0.2, 0.25) is 0 Å². The van der Waals surface area contributed by atoms with Gasteiger partial charge in [0.1, 0.15) is 0 Å². The first-order chi connectivity index (χ1) is 10.8. The lowest BCUT2D eigenvalue weighted by molar-refractivity contribution is 0.0451. The minimum absolute atomic E-state index is 0.0623. The third-order valence-corrected chi connectivity index (χ3v) is 4.26. The number of hydrogen-bond donors (Lipinski definition) is 0. The molecule has 1 amide bonds. The highest BCUT2D eigenvalue weighted by atomic mass is 16.5. The fraction of sp³-hybridized carbons (Fsp3) is 0.412. The van der Waals surface area contributed by atoms with Crippen LogP contribution in [0.3, 0.4) is 0 Å². The quantitative estimate of drug-likeness (QED) is 0.852. The molecule has 3 rings (SSSR count). The van der Waals surface area contributed by atoms with E-state index in [1.165, 1.54) is 0 Å². The molecule has 5 heteroatoms. The Kier molecular flexibility index (Phi) is 4.24. The van der Waals surface area contributed by atoms with E-state index in [2.05, 4.69) is 12.0 Å². The maximum Gasteiger partial charge on any atom is 0.257 e. The van der Waals surface area contributed by atoms with E-state index in [1.807, 2.05) is 35.2 Å². The number of para-hydroxylation sites is 1. The van der Waals surface area contributed by atoms with Gasteiger partial charge in [0.05, 0.1) is 29.7 Å². The van der Waals surface area contributed by atoms with Gasteiger partial charge in [0, 0.05) is 19.7 Å². The number of carbonyl (C=O) groups is 1. The number of likely N-dealkylation sites (tertiary alicyclic amines) is 1. The molecule has 0 N–H and O–H groups in total. The van der Waals surface area contributed by atoms with Crippen molar-refractivity contribution in [3.8, 4) is 5.69 Å². The lowest BCUT2D eigenvalue weighted by Gasteiger charge is -2.40. The zero-order chi connectivity index (χ0) is 15.5. The second-order valence-electron chi connectivity index (χ2n) is 5.53. The standard InChI is InChI=1S/C17H21N3O2/c1-3-13-9-10-19(13)17(21)15-11-18-20(16(15)12-22-2)14-7-5-4-6-8-14/h4-8,11,13H,3,9-10,12H2,1-2H3. The van der Waals surface area contributed by atoms with Crippen molar-refractivity contribution >= 4 is 5.91 Å².